The van der Waals surface area contributed by atoms with Gasteiger partial charge in [-0.2, -0.15) is 0 Å². The standard InChI is InChI=1S/C20H23N3O5/c1-12(22-10-24)6-13-2-4-18(26)15(7-13)16-8-14(3-5-19(16)27)9-17(20(21)28)23-11-25/h2-5,7-8,10-12,17,26-27H,6,9H2,1H3,(H2,21,28)(H,22,24)(H,23,25). The molecule has 8 heteroatoms. The van der Waals surface area contributed by atoms with Crippen molar-refractivity contribution in [1.29, 1.82) is 0 Å². The monoisotopic (exact) mass is 385 g/mol. The van der Waals surface area contributed by atoms with Gasteiger partial charge in [-0.3, -0.25) is 14.4 Å². The molecule has 0 saturated heterocycles. The van der Waals surface area contributed by atoms with Gasteiger partial charge in [-0.1, -0.05) is 12.1 Å². The van der Waals surface area contributed by atoms with Crippen molar-refractivity contribution in [1.82, 2.24) is 10.6 Å². The van der Waals surface area contributed by atoms with Crippen molar-refractivity contribution in [3.8, 4) is 22.6 Å². The average Bonchev–Trinajstić information content (AvgIpc) is 2.64. The number of hydrogen-bond donors (Lipinski definition) is 5. The summed E-state index contributed by atoms with van der Waals surface area (Å²) in [5.41, 5.74) is 7.58. The van der Waals surface area contributed by atoms with Gasteiger partial charge >= 0.3 is 0 Å². The molecule has 3 amide bonds. The molecule has 0 aliphatic carbocycles. The van der Waals surface area contributed by atoms with Crippen molar-refractivity contribution < 1.29 is 24.6 Å². The van der Waals surface area contributed by atoms with Crippen LogP contribution in [0.15, 0.2) is 36.4 Å². The Labute approximate surface area is 162 Å². The van der Waals surface area contributed by atoms with Crippen LogP contribution in [0.25, 0.3) is 11.1 Å². The summed E-state index contributed by atoms with van der Waals surface area (Å²) in [6.07, 6.45) is 1.71. The van der Waals surface area contributed by atoms with E-state index < -0.39 is 11.9 Å². The normalized spacial score (nSPS) is 12.6. The lowest BCUT2D eigenvalue weighted by Crippen LogP contribution is -2.42. The van der Waals surface area contributed by atoms with Crippen LogP contribution in [0.1, 0.15) is 18.1 Å². The molecule has 0 aliphatic heterocycles. The first-order valence-electron chi connectivity index (χ1n) is 8.68. The number of carbonyl (C=O) groups excluding carboxylic acids is 3. The maximum atomic E-state index is 11.5. The molecule has 0 bridgehead atoms. The number of nitrogens with two attached hydrogens (primary N) is 1. The van der Waals surface area contributed by atoms with Crippen LogP contribution in [0.5, 0.6) is 11.5 Å². The Kier molecular flexibility index (Phi) is 6.97. The largest absolute Gasteiger partial charge is 0.507 e. The van der Waals surface area contributed by atoms with E-state index in [1.54, 1.807) is 24.3 Å². The topological polar surface area (TPSA) is 142 Å². The van der Waals surface area contributed by atoms with Gasteiger partial charge in [0.25, 0.3) is 0 Å². The van der Waals surface area contributed by atoms with E-state index in [2.05, 4.69) is 10.6 Å². The van der Waals surface area contributed by atoms with Gasteiger partial charge in [0.1, 0.15) is 17.5 Å². The fourth-order valence-electron chi connectivity index (χ4n) is 2.94. The van der Waals surface area contributed by atoms with Crippen molar-refractivity contribution in [3.63, 3.8) is 0 Å². The zero-order chi connectivity index (χ0) is 20.7. The number of hydrogen-bond acceptors (Lipinski definition) is 5. The van der Waals surface area contributed by atoms with Crippen LogP contribution >= 0.6 is 0 Å². The smallest absolute Gasteiger partial charge is 0.240 e. The molecule has 8 nitrogen and oxygen atoms in total. The second-order valence-corrected chi connectivity index (χ2v) is 6.54. The van der Waals surface area contributed by atoms with Crippen molar-refractivity contribution in [2.75, 3.05) is 0 Å². The number of aromatic hydroxyl groups is 2. The minimum absolute atomic E-state index is 0.0235. The molecule has 2 atom stereocenters. The molecule has 28 heavy (non-hydrogen) atoms. The van der Waals surface area contributed by atoms with E-state index in [-0.39, 0.29) is 24.0 Å². The van der Waals surface area contributed by atoms with Crippen LogP contribution in [0.4, 0.5) is 0 Å². The predicted molar refractivity (Wildman–Crippen MR) is 103 cm³/mol. The third kappa shape index (κ3) is 5.23. The predicted octanol–water partition coefficient (Wildman–Crippen LogP) is 0.584. The van der Waals surface area contributed by atoms with Crippen LogP contribution in [0.2, 0.25) is 0 Å². The van der Waals surface area contributed by atoms with Crippen LogP contribution in [0, 0.1) is 0 Å². The molecule has 0 saturated carbocycles. The molecule has 0 heterocycles. The molecule has 2 aromatic rings. The zero-order valence-electron chi connectivity index (χ0n) is 15.4. The number of phenolic OH excluding ortho intramolecular Hbond substituents is 2. The Bertz CT molecular complexity index is 869. The molecule has 2 unspecified atom stereocenters. The molecule has 0 aromatic heterocycles. The van der Waals surface area contributed by atoms with Crippen LogP contribution < -0.4 is 16.4 Å². The Morgan fingerprint density at radius 2 is 1.46 bits per heavy atom. The molecule has 6 N–H and O–H groups in total. The summed E-state index contributed by atoms with van der Waals surface area (Å²) in [5.74, 6) is -0.748. The van der Waals surface area contributed by atoms with Crippen molar-refractivity contribution in [2.45, 2.75) is 31.8 Å². The van der Waals surface area contributed by atoms with E-state index in [1.807, 2.05) is 6.92 Å². The molecule has 0 fully saturated rings. The summed E-state index contributed by atoms with van der Waals surface area (Å²) in [6.45, 7) is 1.85. The first-order chi connectivity index (χ1) is 13.3. The number of amides is 3. The highest BCUT2D eigenvalue weighted by molar-refractivity contribution is 5.82. The number of benzene rings is 2. The van der Waals surface area contributed by atoms with Gasteiger partial charge in [0, 0.05) is 23.6 Å². The van der Waals surface area contributed by atoms with Crippen molar-refractivity contribution >= 4 is 18.7 Å². The van der Waals surface area contributed by atoms with Gasteiger partial charge in [0.15, 0.2) is 0 Å². The Morgan fingerprint density at radius 1 is 0.964 bits per heavy atom. The maximum absolute atomic E-state index is 11.5. The summed E-state index contributed by atoms with van der Waals surface area (Å²) < 4.78 is 0. The van der Waals surface area contributed by atoms with E-state index in [9.17, 15) is 24.6 Å². The molecule has 148 valence electrons. The summed E-state index contributed by atoms with van der Waals surface area (Å²) in [6, 6.07) is 8.69. The Balaban J connectivity index is 2.37. The molecule has 0 spiro atoms. The van der Waals surface area contributed by atoms with E-state index in [4.69, 9.17) is 5.73 Å². The molecule has 2 aromatic carbocycles. The number of nitrogens with one attached hydrogen (secondary N) is 2. The van der Waals surface area contributed by atoms with Gasteiger partial charge in [0.05, 0.1) is 0 Å². The highest BCUT2D eigenvalue weighted by Crippen LogP contribution is 2.37. The van der Waals surface area contributed by atoms with Gasteiger partial charge in [-0.05, 0) is 48.7 Å². The third-order valence-corrected chi connectivity index (χ3v) is 4.36. The third-order valence-electron chi connectivity index (χ3n) is 4.36. The second kappa shape index (κ2) is 9.40. The summed E-state index contributed by atoms with van der Waals surface area (Å²) in [7, 11) is 0. The summed E-state index contributed by atoms with van der Waals surface area (Å²) >= 11 is 0. The Morgan fingerprint density at radius 3 is 1.93 bits per heavy atom. The SMILES string of the molecule is CC(Cc1ccc(O)c(-c2cc(CC(NC=O)C(N)=O)ccc2O)c1)NC=O. The quantitative estimate of drug-likeness (QED) is 0.380. The van der Waals surface area contributed by atoms with Gasteiger partial charge < -0.3 is 26.6 Å². The molecule has 0 aliphatic rings. The Hall–Kier alpha value is -3.55. The fraction of sp³-hybridized carbons (Fsp3) is 0.250. The average molecular weight is 385 g/mol. The molecular formula is C20H23N3O5. The summed E-state index contributed by atoms with van der Waals surface area (Å²) in [5, 5.41) is 25.6. The molecule has 2 rings (SSSR count). The lowest BCUT2D eigenvalue weighted by Gasteiger charge is -2.15. The highest BCUT2D eigenvalue weighted by Gasteiger charge is 2.17. The highest BCUT2D eigenvalue weighted by atomic mass is 16.3. The zero-order valence-corrected chi connectivity index (χ0v) is 15.4. The molecule has 0 radical (unpaired) electrons. The minimum Gasteiger partial charge on any atom is -0.507 e. The van der Waals surface area contributed by atoms with Crippen molar-refractivity contribution in [3.05, 3.63) is 47.5 Å². The second-order valence-electron chi connectivity index (χ2n) is 6.54. The number of rotatable bonds is 10. The number of primary amides is 1. The minimum atomic E-state index is -0.884. The first-order valence-corrected chi connectivity index (χ1v) is 8.68. The van der Waals surface area contributed by atoms with Crippen LogP contribution in [-0.4, -0.2) is 41.0 Å². The molecular weight excluding hydrogens is 362 g/mol. The van der Waals surface area contributed by atoms with Crippen LogP contribution in [0.3, 0.4) is 0 Å². The van der Waals surface area contributed by atoms with E-state index in [0.717, 1.165) is 5.56 Å². The van der Waals surface area contributed by atoms with E-state index >= 15 is 0 Å². The van der Waals surface area contributed by atoms with Crippen LogP contribution in [-0.2, 0) is 27.2 Å². The van der Waals surface area contributed by atoms with Gasteiger partial charge in [-0.15, -0.1) is 0 Å². The first kappa shape index (κ1) is 20.8. The van der Waals surface area contributed by atoms with Gasteiger partial charge in [0.2, 0.25) is 18.7 Å². The maximum Gasteiger partial charge on any atom is 0.240 e. The van der Waals surface area contributed by atoms with E-state index in [0.29, 0.717) is 35.9 Å². The number of phenols is 2. The lowest BCUT2D eigenvalue weighted by atomic mass is 9.95. The lowest BCUT2D eigenvalue weighted by molar-refractivity contribution is -0.122. The summed E-state index contributed by atoms with van der Waals surface area (Å²) in [4.78, 5) is 32.7. The van der Waals surface area contributed by atoms with Gasteiger partial charge in [-0.25, -0.2) is 0 Å². The van der Waals surface area contributed by atoms with Crippen molar-refractivity contribution in [2.24, 2.45) is 5.73 Å². The fourth-order valence-corrected chi connectivity index (χ4v) is 2.94. The number of carbonyl (C=O) groups is 3. The van der Waals surface area contributed by atoms with E-state index in [1.165, 1.54) is 12.1 Å².